The van der Waals surface area contributed by atoms with Crippen LogP contribution in [0.4, 0.5) is 0 Å². The maximum atomic E-state index is 8.70. The number of hydrogen-bond acceptors (Lipinski definition) is 12. The third-order valence-electron chi connectivity index (χ3n) is 0. The Morgan fingerprint density at radius 3 is 0.350 bits per heavy atom. The van der Waals surface area contributed by atoms with Crippen LogP contribution in [0.2, 0.25) is 0 Å². The van der Waals surface area contributed by atoms with Crippen LogP contribution in [-0.2, 0) is 0 Å². The number of thiocarbonyl (C=S) groups is 4. The van der Waals surface area contributed by atoms with Crippen molar-refractivity contribution in [2.24, 2.45) is 0 Å². The van der Waals surface area contributed by atoms with Crippen LogP contribution < -0.4 is 40.9 Å². The zero-order chi connectivity index (χ0) is 14.3. The number of rotatable bonds is 0. The molecule has 0 atom stereocenters. The summed E-state index contributed by atoms with van der Waals surface area (Å²) >= 11 is 13.7. The molecule has 0 spiro atoms. The van der Waals surface area contributed by atoms with Crippen molar-refractivity contribution in [3.05, 3.63) is 0 Å². The third kappa shape index (κ3) is 2110. The first-order valence-electron chi connectivity index (χ1n) is 2.45. The largest absolute Gasteiger partial charge is 2.00 e. The summed E-state index contributed by atoms with van der Waals surface area (Å²) in [5.41, 5.74) is 0. The first kappa shape index (κ1) is 49.5. The Kier molecular flexibility index (Phi) is 106. The van der Waals surface area contributed by atoms with Gasteiger partial charge in [-0.1, -0.05) is 0 Å². The van der Waals surface area contributed by atoms with E-state index in [4.69, 9.17) is 40.9 Å². The molecule has 96 valence electrons. The smallest absolute Gasteiger partial charge is 0.876 e. The Morgan fingerprint density at radius 1 is 0.350 bits per heavy atom. The van der Waals surface area contributed by atoms with E-state index in [1.54, 1.807) is 0 Å². The Hall–Kier alpha value is 1.82. The van der Waals surface area contributed by atoms with Crippen molar-refractivity contribution in [3.8, 4) is 0 Å². The van der Waals surface area contributed by atoms with Gasteiger partial charge >= 0.3 is 92.2 Å². The van der Waals surface area contributed by atoms with Crippen LogP contribution in [0.15, 0.2) is 0 Å². The second kappa shape index (κ2) is 42.8. The van der Waals surface area contributed by atoms with Gasteiger partial charge in [0.2, 0.25) is 0 Å². The maximum absolute atomic E-state index is 8.70. The molecule has 20 heavy (non-hydrogen) atoms. The Morgan fingerprint density at radius 2 is 0.350 bits per heavy atom. The van der Waals surface area contributed by atoms with E-state index < -0.39 is 20.9 Å². The molecule has 0 aromatic carbocycles. The zero-order valence-corrected chi connectivity index (χ0v) is 18.7. The van der Waals surface area contributed by atoms with Gasteiger partial charge in [-0.3, -0.25) is 0 Å². The summed E-state index contributed by atoms with van der Waals surface area (Å²) in [6.45, 7) is 0. The average Bonchev–Trinajstić information content (AvgIpc) is 1.76. The minimum Gasteiger partial charge on any atom is -0.876 e. The van der Waals surface area contributed by atoms with E-state index in [-0.39, 0.29) is 92.2 Å². The van der Waals surface area contributed by atoms with Crippen molar-refractivity contribution in [1.82, 2.24) is 0 Å². The van der Waals surface area contributed by atoms with E-state index in [0.29, 0.717) is 0 Å². The van der Waals surface area contributed by atoms with Crippen molar-refractivity contribution in [2.75, 3.05) is 0 Å². The van der Waals surface area contributed by atoms with Gasteiger partial charge in [-0.05, 0) is 0 Å². The second-order valence-corrected chi connectivity index (χ2v) is 2.33. The minimum absolute atomic E-state index is 0. The molecule has 0 aliphatic heterocycles. The summed E-state index contributed by atoms with van der Waals surface area (Å²) in [5.74, 6) is 0. The Labute approximate surface area is 200 Å². The SMILES string of the molecule is [Mg+2].[Mg+2].[Mg+2].[Mg+2].[O-]C([O-])=S.[O-]C([O-])=S.[O-]C([O-])=S.[O-]C([O-])=S. The van der Waals surface area contributed by atoms with Crippen LogP contribution in [0, 0.1) is 0 Å². The fourth-order valence-electron chi connectivity index (χ4n) is 0. The maximum Gasteiger partial charge on any atom is 2.00 e. The van der Waals surface area contributed by atoms with E-state index in [9.17, 15) is 0 Å². The molecule has 0 radical (unpaired) electrons. The predicted molar refractivity (Wildman–Crippen MR) is 73.4 cm³/mol. The fourth-order valence-corrected chi connectivity index (χ4v) is 0. The van der Waals surface area contributed by atoms with Crippen LogP contribution in [0.5, 0.6) is 0 Å². The molecule has 0 bridgehead atoms. The van der Waals surface area contributed by atoms with Crippen molar-refractivity contribution in [1.29, 1.82) is 0 Å². The summed E-state index contributed by atoms with van der Waals surface area (Å²) in [5, 5.41) is 63.6. The van der Waals surface area contributed by atoms with Crippen LogP contribution in [0.3, 0.4) is 0 Å². The predicted octanol–water partition coefficient (Wildman–Crippen LogP) is -9.56. The molecule has 0 aliphatic rings. The first-order chi connectivity index (χ1) is 6.93. The molecule has 0 unspecified atom stereocenters. The van der Waals surface area contributed by atoms with Crippen molar-refractivity contribution >= 4 is 162 Å². The zero-order valence-electron chi connectivity index (χ0n) is 9.73. The van der Waals surface area contributed by atoms with Gasteiger partial charge in [-0.2, -0.15) is 0 Å². The van der Waals surface area contributed by atoms with Gasteiger partial charge in [0.25, 0.3) is 0 Å². The summed E-state index contributed by atoms with van der Waals surface area (Å²) in [4.78, 5) is 0. The van der Waals surface area contributed by atoms with Gasteiger partial charge in [0.05, 0.1) is 0 Å². The molecule has 16 heteroatoms. The molecule has 0 saturated heterocycles. The average molecular weight is 402 g/mol. The topological polar surface area (TPSA) is 184 Å². The van der Waals surface area contributed by atoms with E-state index in [0.717, 1.165) is 0 Å². The molecule has 0 rings (SSSR count). The van der Waals surface area contributed by atoms with E-state index in [1.165, 1.54) is 0 Å². The Bertz CT molecular complexity index is 179. The third-order valence-corrected chi connectivity index (χ3v) is 0. The van der Waals surface area contributed by atoms with E-state index >= 15 is 0 Å². The van der Waals surface area contributed by atoms with Crippen LogP contribution in [0.1, 0.15) is 0 Å². The van der Waals surface area contributed by atoms with Gasteiger partial charge < -0.3 is 40.9 Å². The molecule has 0 heterocycles. The molecule has 0 saturated carbocycles. The molecular formula is C4Mg4O8S4. The molecule has 0 aromatic rings. The van der Waals surface area contributed by atoms with Gasteiger partial charge in [0.15, 0.2) is 0 Å². The molecule has 0 aromatic heterocycles. The van der Waals surface area contributed by atoms with Crippen LogP contribution in [0.25, 0.3) is 0 Å². The van der Waals surface area contributed by atoms with Gasteiger partial charge in [0, 0.05) is 0 Å². The molecule has 0 N–H and O–H groups in total. The summed E-state index contributed by atoms with van der Waals surface area (Å²) in [6, 6.07) is 0. The van der Waals surface area contributed by atoms with Crippen molar-refractivity contribution in [3.63, 3.8) is 0 Å². The summed E-state index contributed by atoms with van der Waals surface area (Å²) in [6.07, 6.45) is 0. The molecule has 0 fully saturated rings. The monoisotopic (exact) mass is 400 g/mol. The minimum atomic E-state index is -1.50. The first-order valence-corrected chi connectivity index (χ1v) is 4.08. The molecular weight excluding hydrogens is 402 g/mol. The second-order valence-electron chi connectivity index (χ2n) is 1.00. The van der Waals surface area contributed by atoms with Crippen LogP contribution >= 0.6 is 48.9 Å². The molecule has 0 amide bonds. The summed E-state index contributed by atoms with van der Waals surface area (Å²) in [7, 11) is 0. The normalized spacial score (nSPS) is 4.80. The van der Waals surface area contributed by atoms with Gasteiger partial charge in [-0.25, -0.2) is 0 Å². The van der Waals surface area contributed by atoms with E-state index in [2.05, 4.69) is 48.9 Å². The fraction of sp³-hybridized carbons (Fsp3) is 0. The standard InChI is InChI=1S/4CH2O2S.4Mg/c4*2-1(3)4;;;;/h4*(H2,2,3,4);;;;/q;;;;4*+2/p-8. The summed E-state index contributed by atoms with van der Waals surface area (Å²) < 4.78 is 0. The van der Waals surface area contributed by atoms with E-state index in [1.807, 2.05) is 0 Å². The quantitative estimate of drug-likeness (QED) is 0.276. The molecule has 0 aliphatic carbocycles. The van der Waals surface area contributed by atoms with Crippen molar-refractivity contribution < 1.29 is 40.9 Å². The number of hydrogen-bond donors (Lipinski definition) is 0. The Balaban J connectivity index is -0.0000000150. The van der Waals surface area contributed by atoms with Gasteiger partial charge in [0.1, 0.15) is 0 Å². The molecule has 8 nitrogen and oxygen atoms in total. The van der Waals surface area contributed by atoms with Gasteiger partial charge in [-0.15, -0.1) is 69.8 Å². The van der Waals surface area contributed by atoms with Crippen LogP contribution in [-0.4, -0.2) is 113 Å². The van der Waals surface area contributed by atoms with Crippen molar-refractivity contribution in [2.45, 2.75) is 0 Å².